The highest BCUT2D eigenvalue weighted by Crippen LogP contribution is 2.33. The summed E-state index contributed by atoms with van der Waals surface area (Å²) in [6.07, 6.45) is 0. The van der Waals surface area contributed by atoms with Gasteiger partial charge in [-0.25, -0.2) is 0 Å². The Morgan fingerprint density at radius 3 is 2.88 bits per heavy atom. The summed E-state index contributed by atoms with van der Waals surface area (Å²) < 4.78 is 1.94. The average molecular weight is 385 g/mol. The Morgan fingerprint density at radius 2 is 2.31 bits per heavy atom. The first-order valence-corrected chi connectivity index (χ1v) is 8.38. The van der Waals surface area contributed by atoms with Crippen molar-refractivity contribution in [3.8, 4) is 0 Å². The molecule has 1 unspecified atom stereocenters. The lowest BCUT2D eigenvalue weighted by atomic mass is 10.3. The number of carbonyl (C=O) groups excluding carboxylic acids is 1. The molecule has 1 aromatic heterocycles. The molecule has 1 atom stereocenters. The minimum absolute atomic E-state index is 0.156. The molecule has 1 fully saturated rings. The summed E-state index contributed by atoms with van der Waals surface area (Å²) in [5.41, 5.74) is 0. The molecule has 1 aliphatic rings. The zero-order valence-corrected chi connectivity index (χ0v) is 13.5. The van der Waals surface area contributed by atoms with Gasteiger partial charge in [0.25, 0.3) is 5.91 Å². The third-order valence-corrected chi connectivity index (χ3v) is 6.76. The third-order valence-electron chi connectivity index (χ3n) is 2.38. The number of rotatable bonds is 1. The summed E-state index contributed by atoms with van der Waals surface area (Å²) >= 11 is 10.2. The molecular weight excluding hydrogens is 374 g/mol. The van der Waals surface area contributed by atoms with Crippen molar-refractivity contribution in [2.45, 2.75) is 12.2 Å². The van der Waals surface area contributed by atoms with Crippen LogP contribution in [-0.2, 0) is 0 Å². The van der Waals surface area contributed by atoms with Crippen molar-refractivity contribution in [2.24, 2.45) is 0 Å². The number of nitrogens with zero attached hydrogens (tertiary/aromatic N) is 1. The zero-order chi connectivity index (χ0) is 11.7. The predicted octanol–water partition coefficient (Wildman–Crippen LogP) is 3.85. The lowest BCUT2D eigenvalue weighted by Gasteiger charge is -2.30. The molecule has 0 spiro atoms. The van der Waals surface area contributed by atoms with Crippen molar-refractivity contribution in [1.82, 2.24) is 4.90 Å². The average Bonchev–Trinajstić information content (AvgIpc) is 2.58. The molecule has 0 saturated carbocycles. The van der Waals surface area contributed by atoms with Gasteiger partial charge in [-0.2, -0.15) is 11.8 Å². The van der Waals surface area contributed by atoms with Gasteiger partial charge in [0.05, 0.1) is 8.66 Å². The van der Waals surface area contributed by atoms with Crippen molar-refractivity contribution in [3.63, 3.8) is 0 Å². The van der Waals surface area contributed by atoms with E-state index in [0.717, 1.165) is 32.0 Å². The molecule has 0 aliphatic carbocycles. The largest absolute Gasteiger partial charge is 0.336 e. The topological polar surface area (TPSA) is 20.3 Å². The quantitative estimate of drug-likeness (QED) is 0.732. The summed E-state index contributed by atoms with van der Waals surface area (Å²) in [6.45, 7) is 3.89. The van der Waals surface area contributed by atoms with Gasteiger partial charge in [-0.1, -0.05) is 6.92 Å². The second-order valence-corrected chi connectivity index (χ2v) is 8.44. The lowest BCUT2D eigenvalue weighted by Crippen LogP contribution is -2.40. The van der Waals surface area contributed by atoms with Crippen LogP contribution in [0.3, 0.4) is 0 Å². The van der Waals surface area contributed by atoms with Crippen LogP contribution in [0.2, 0.25) is 0 Å². The molecule has 2 heterocycles. The van der Waals surface area contributed by atoms with E-state index in [1.807, 2.05) is 22.7 Å². The number of carbonyl (C=O) groups is 1. The van der Waals surface area contributed by atoms with E-state index in [4.69, 9.17) is 0 Å². The van der Waals surface area contributed by atoms with Crippen LogP contribution >= 0.6 is 55.0 Å². The molecule has 0 N–H and O–H groups in total. The Hall–Kier alpha value is 0.480. The molecule has 2 nitrogen and oxygen atoms in total. The van der Waals surface area contributed by atoms with Crippen molar-refractivity contribution < 1.29 is 4.79 Å². The maximum absolute atomic E-state index is 12.2. The van der Waals surface area contributed by atoms with Crippen LogP contribution < -0.4 is 0 Å². The van der Waals surface area contributed by atoms with Crippen molar-refractivity contribution in [1.29, 1.82) is 0 Å². The Labute approximate surface area is 120 Å². The van der Waals surface area contributed by atoms with Crippen LogP contribution in [0.1, 0.15) is 16.6 Å². The van der Waals surface area contributed by atoms with Crippen molar-refractivity contribution >= 4 is 60.9 Å². The molecule has 1 aliphatic heterocycles. The Kier molecular flexibility index (Phi) is 4.38. The van der Waals surface area contributed by atoms with E-state index in [2.05, 4.69) is 38.8 Å². The Balaban J connectivity index is 2.12. The number of hydrogen-bond donors (Lipinski definition) is 0. The van der Waals surface area contributed by atoms with Crippen LogP contribution in [-0.4, -0.2) is 34.9 Å². The highest BCUT2D eigenvalue weighted by Gasteiger charge is 2.24. The second-order valence-electron chi connectivity index (χ2n) is 3.66. The normalized spacial score (nSPS) is 21.2. The van der Waals surface area contributed by atoms with Crippen molar-refractivity contribution in [3.05, 3.63) is 19.2 Å². The third kappa shape index (κ3) is 2.83. The molecule has 88 valence electrons. The zero-order valence-electron chi connectivity index (χ0n) is 8.70. The van der Waals surface area contributed by atoms with Gasteiger partial charge in [0.2, 0.25) is 0 Å². The standard InChI is InChI=1S/C10H11Br2NOS2/c1-6-5-13(2-3-15-6)10(14)8-4-7(11)9(12)16-8/h4,6H,2-3,5H2,1H3. The van der Waals surface area contributed by atoms with Gasteiger partial charge < -0.3 is 4.90 Å². The smallest absolute Gasteiger partial charge is 0.264 e. The highest BCUT2D eigenvalue weighted by molar-refractivity contribution is 9.13. The van der Waals surface area contributed by atoms with Crippen LogP contribution in [0, 0.1) is 0 Å². The SMILES string of the molecule is CC1CN(C(=O)c2cc(Br)c(Br)s2)CCS1. The van der Waals surface area contributed by atoms with E-state index >= 15 is 0 Å². The van der Waals surface area contributed by atoms with Crippen LogP contribution in [0.4, 0.5) is 0 Å². The minimum Gasteiger partial charge on any atom is -0.336 e. The van der Waals surface area contributed by atoms with Crippen LogP contribution in [0.15, 0.2) is 14.3 Å². The number of thioether (sulfide) groups is 1. The van der Waals surface area contributed by atoms with Gasteiger partial charge in [-0.3, -0.25) is 4.79 Å². The first-order chi connectivity index (χ1) is 7.58. The van der Waals surface area contributed by atoms with E-state index in [0.29, 0.717) is 5.25 Å². The fourth-order valence-corrected chi connectivity index (χ4v) is 4.63. The van der Waals surface area contributed by atoms with Gasteiger partial charge >= 0.3 is 0 Å². The second kappa shape index (κ2) is 5.42. The molecular formula is C10H11Br2NOS2. The summed E-state index contributed by atoms with van der Waals surface area (Å²) in [5, 5.41) is 0.546. The fourth-order valence-electron chi connectivity index (χ4n) is 1.61. The summed E-state index contributed by atoms with van der Waals surface area (Å²) in [5.74, 6) is 1.20. The lowest BCUT2D eigenvalue weighted by molar-refractivity contribution is 0.0768. The minimum atomic E-state index is 0.156. The highest BCUT2D eigenvalue weighted by atomic mass is 79.9. The van der Waals surface area contributed by atoms with E-state index in [1.165, 1.54) is 11.3 Å². The van der Waals surface area contributed by atoms with Gasteiger partial charge in [0.15, 0.2) is 0 Å². The molecule has 1 aromatic rings. The van der Waals surface area contributed by atoms with Gasteiger partial charge in [0, 0.05) is 28.6 Å². The van der Waals surface area contributed by atoms with E-state index in [9.17, 15) is 4.79 Å². The number of hydrogen-bond acceptors (Lipinski definition) is 3. The number of thiophene rings is 1. The first kappa shape index (κ1) is 12.9. The molecule has 0 bridgehead atoms. The van der Waals surface area contributed by atoms with Gasteiger partial charge in [0.1, 0.15) is 0 Å². The van der Waals surface area contributed by atoms with Crippen LogP contribution in [0.25, 0.3) is 0 Å². The van der Waals surface area contributed by atoms with E-state index < -0.39 is 0 Å². The molecule has 6 heteroatoms. The fraction of sp³-hybridized carbons (Fsp3) is 0.500. The Morgan fingerprint density at radius 1 is 1.56 bits per heavy atom. The molecule has 16 heavy (non-hydrogen) atoms. The monoisotopic (exact) mass is 383 g/mol. The summed E-state index contributed by atoms with van der Waals surface area (Å²) in [7, 11) is 0. The summed E-state index contributed by atoms with van der Waals surface area (Å²) in [4.78, 5) is 15.0. The molecule has 1 amide bonds. The molecule has 2 rings (SSSR count). The van der Waals surface area contributed by atoms with Gasteiger partial charge in [-0.15, -0.1) is 11.3 Å². The first-order valence-electron chi connectivity index (χ1n) is 4.93. The molecule has 1 saturated heterocycles. The van der Waals surface area contributed by atoms with Gasteiger partial charge in [-0.05, 0) is 37.9 Å². The maximum atomic E-state index is 12.2. The van der Waals surface area contributed by atoms with E-state index in [-0.39, 0.29) is 5.91 Å². The number of amides is 1. The number of halogens is 2. The van der Waals surface area contributed by atoms with E-state index in [1.54, 1.807) is 0 Å². The summed E-state index contributed by atoms with van der Waals surface area (Å²) in [6, 6.07) is 1.89. The molecule has 0 aromatic carbocycles. The van der Waals surface area contributed by atoms with Crippen molar-refractivity contribution in [2.75, 3.05) is 18.8 Å². The Bertz CT molecular complexity index is 388. The molecule has 0 radical (unpaired) electrons. The van der Waals surface area contributed by atoms with Crippen LogP contribution in [0.5, 0.6) is 0 Å². The predicted molar refractivity (Wildman–Crippen MR) is 77.5 cm³/mol. The maximum Gasteiger partial charge on any atom is 0.264 e.